The van der Waals surface area contributed by atoms with E-state index in [1.54, 1.807) is 18.6 Å². The van der Waals surface area contributed by atoms with Crippen molar-refractivity contribution in [2.45, 2.75) is 19.9 Å². The van der Waals surface area contributed by atoms with Gasteiger partial charge in [-0.15, -0.1) is 0 Å². The fourth-order valence-corrected chi connectivity index (χ4v) is 4.07. The quantitative estimate of drug-likeness (QED) is 0.456. The standard InChI is InChI=1S/C24H30N6O/c1-19-5-2-3-6-22(19)29-13-15-30(16-14-29)23-8-7-20(17-21(23)25)24(31)27-9-4-11-28-12-10-26-18-28/h2-3,5-8,10,12,17-18H,4,9,11,13-16,25H2,1H3,(H,27,31). The number of nitrogens with zero attached hydrogens (tertiary/aromatic N) is 4. The lowest BCUT2D eigenvalue weighted by atomic mass is 10.1. The minimum Gasteiger partial charge on any atom is -0.397 e. The summed E-state index contributed by atoms with van der Waals surface area (Å²) in [7, 11) is 0. The van der Waals surface area contributed by atoms with Gasteiger partial charge >= 0.3 is 0 Å². The van der Waals surface area contributed by atoms with Gasteiger partial charge in [0.05, 0.1) is 17.7 Å². The van der Waals surface area contributed by atoms with E-state index >= 15 is 0 Å². The van der Waals surface area contributed by atoms with Crippen molar-refractivity contribution >= 4 is 23.0 Å². The number of nitrogen functional groups attached to an aromatic ring is 1. The van der Waals surface area contributed by atoms with Crippen LogP contribution in [0, 0.1) is 6.92 Å². The van der Waals surface area contributed by atoms with Gasteiger partial charge in [0.1, 0.15) is 0 Å². The summed E-state index contributed by atoms with van der Waals surface area (Å²) in [5, 5.41) is 2.97. The Kier molecular flexibility index (Phi) is 6.40. The Morgan fingerprint density at radius 1 is 1.06 bits per heavy atom. The predicted octanol–water partition coefficient (Wildman–Crippen LogP) is 2.92. The Balaban J connectivity index is 1.30. The molecular weight excluding hydrogens is 388 g/mol. The highest BCUT2D eigenvalue weighted by Gasteiger charge is 2.20. The van der Waals surface area contributed by atoms with Crippen molar-refractivity contribution in [1.29, 1.82) is 0 Å². The van der Waals surface area contributed by atoms with Gasteiger partial charge in [-0.25, -0.2) is 4.98 Å². The molecule has 1 amide bonds. The largest absolute Gasteiger partial charge is 0.397 e. The van der Waals surface area contributed by atoms with Crippen LogP contribution in [0.5, 0.6) is 0 Å². The molecule has 1 saturated heterocycles. The minimum atomic E-state index is -0.0896. The summed E-state index contributed by atoms with van der Waals surface area (Å²) in [5.41, 5.74) is 11.2. The number of para-hydroxylation sites is 1. The highest BCUT2D eigenvalue weighted by molar-refractivity contribution is 5.96. The van der Waals surface area contributed by atoms with E-state index in [9.17, 15) is 4.79 Å². The summed E-state index contributed by atoms with van der Waals surface area (Å²) < 4.78 is 2.00. The third kappa shape index (κ3) is 4.99. The smallest absolute Gasteiger partial charge is 0.251 e. The fourth-order valence-electron chi connectivity index (χ4n) is 4.07. The van der Waals surface area contributed by atoms with Crippen molar-refractivity contribution < 1.29 is 4.79 Å². The Bertz CT molecular complexity index is 1010. The van der Waals surface area contributed by atoms with Crippen LogP contribution in [0.3, 0.4) is 0 Å². The molecule has 0 bridgehead atoms. The summed E-state index contributed by atoms with van der Waals surface area (Å²) in [6, 6.07) is 14.1. The molecule has 0 aliphatic carbocycles. The van der Waals surface area contributed by atoms with Crippen LogP contribution in [0.1, 0.15) is 22.3 Å². The van der Waals surface area contributed by atoms with Crippen molar-refractivity contribution in [3.8, 4) is 0 Å². The molecule has 0 unspecified atom stereocenters. The zero-order valence-corrected chi connectivity index (χ0v) is 18.0. The number of benzene rings is 2. The van der Waals surface area contributed by atoms with Gasteiger partial charge in [0.2, 0.25) is 0 Å². The SMILES string of the molecule is Cc1ccccc1N1CCN(c2ccc(C(=O)NCCCn3ccnc3)cc2N)CC1. The van der Waals surface area contributed by atoms with Gasteiger partial charge in [-0.05, 0) is 43.2 Å². The normalized spacial score (nSPS) is 14.0. The van der Waals surface area contributed by atoms with E-state index in [-0.39, 0.29) is 5.91 Å². The molecule has 1 aromatic heterocycles. The Morgan fingerprint density at radius 2 is 1.81 bits per heavy atom. The second-order valence-electron chi connectivity index (χ2n) is 7.94. The molecule has 3 N–H and O–H groups in total. The number of hydrogen-bond donors (Lipinski definition) is 2. The highest BCUT2D eigenvalue weighted by atomic mass is 16.1. The van der Waals surface area contributed by atoms with Crippen LogP contribution in [-0.2, 0) is 6.54 Å². The monoisotopic (exact) mass is 418 g/mol. The molecule has 2 heterocycles. The number of carbonyl (C=O) groups is 1. The van der Waals surface area contributed by atoms with Gasteiger partial charge in [-0.1, -0.05) is 18.2 Å². The van der Waals surface area contributed by atoms with Gasteiger partial charge in [-0.2, -0.15) is 0 Å². The van der Waals surface area contributed by atoms with Crippen LogP contribution in [0.2, 0.25) is 0 Å². The summed E-state index contributed by atoms with van der Waals surface area (Å²) >= 11 is 0. The van der Waals surface area contributed by atoms with Crippen LogP contribution in [0.4, 0.5) is 17.1 Å². The lowest BCUT2D eigenvalue weighted by Crippen LogP contribution is -2.47. The molecule has 1 aliphatic rings. The minimum absolute atomic E-state index is 0.0896. The molecule has 1 fully saturated rings. The number of aryl methyl sites for hydroxylation is 2. The molecule has 7 nitrogen and oxygen atoms in total. The summed E-state index contributed by atoms with van der Waals surface area (Å²) in [6.07, 6.45) is 6.30. The van der Waals surface area contributed by atoms with Crippen LogP contribution in [0.25, 0.3) is 0 Å². The number of carbonyl (C=O) groups excluding carboxylic acids is 1. The van der Waals surface area contributed by atoms with E-state index in [0.717, 1.165) is 44.8 Å². The molecule has 7 heteroatoms. The number of hydrogen-bond acceptors (Lipinski definition) is 5. The predicted molar refractivity (Wildman–Crippen MR) is 126 cm³/mol. The molecular formula is C24H30N6O. The summed E-state index contributed by atoms with van der Waals surface area (Å²) in [5.74, 6) is -0.0896. The maximum atomic E-state index is 12.5. The first-order valence-electron chi connectivity index (χ1n) is 10.8. The number of nitrogens with one attached hydrogen (secondary N) is 1. The number of rotatable bonds is 7. The molecule has 162 valence electrons. The van der Waals surface area contributed by atoms with Crippen molar-refractivity contribution in [3.05, 3.63) is 72.3 Å². The van der Waals surface area contributed by atoms with E-state index in [4.69, 9.17) is 5.73 Å². The molecule has 31 heavy (non-hydrogen) atoms. The highest BCUT2D eigenvalue weighted by Crippen LogP contribution is 2.27. The number of nitrogens with two attached hydrogens (primary N) is 1. The Morgan fingerprint density at radius 3 is 2.48 bits per heavy atom. The van der Waals surface area contributed by atoms with Crippen LogP contribution < -0.4 is 20.9 Å². The topological polar surface area (TPSA) is 79.4 Å². The number of anilines is 3. The van der Waals surface area contributed by atoms with Gasteiger partial charge in [0.15, 0.2) is 0 Å². The molecule has 0 radical (unpaired) electrons. The number of piperazine rings is 1. The van der Waals surface area contributed by atoms with Gasteiger partial charge in [0, 0.05) is 62.9 Å². The second kappa shape index (κ2) is 9.55. The number of imidazole rings is 1. The molecule has 3 aromatic rings. The van der Waals surface area contributed by atoms with Gasteiger partial charge in [0.25, 0.3) is 5.91 Å². The zero-order chi connectivity index (χ0) is 21.6. The lowest BCUT2D eigenvalue weighted by Gasteiger charge is -2.38. The molecule has 2 aromatic carbocycles. The van der Waals surface area contributed by atoms with E-state index in [1.165, 1.54) is 11.3 Å². The molecule has 1 aliphatic heterocycles. The van der Waals surface area contributed by atoms with Crippen molar-refractivity contribution in [1.82, 2.24) is 14.9 Å². The molecule has 0 atom stereocenters. The van der Waals surface area contributed by atoms with E-state index < -0.39 is 0 Å². The average molecular weight is 419 g/mol. The Labute approximate surface area is 183 Å². The maximum Gasteiger partial charge on any atom is 0.251 e. The molecule has 0 spiro atoms. The van der Waals surface area contributed by atoms with Gasteiger partial charge in [-0.3, -0.25) is 4.79 Å². The summed E-state index contributed by atoms with van der Waals surface area (Å²) in [4.78, 5) is 21.2. The van der Waals surface area contributed by atoms with E-state index in [1.807, 2.05) is 22.9 Å². The van der Waals surface area contributed by atoms with Crippen LogP contribution >= 0.6 is 0 Å². The summed E-state index contributed by atoms with van der Waals surface area (Å²) in [6.45, 7) is 7.29. The van der Waals surface area contributed by atoms with Crippen molar-refractivity contribution in [2.24, 2.45) is 0 Å². The number of aromatic nitrogens is 2. The molecule has 0 saturated carbocycles. The third-order valence-electron chi connectivity index (χ3n) is 5.80. The van der Waals surface area contributed by atoms with Crippen LogP contribution in [0.15, 0.2) is 61.2 Å². The van der Waals surface area contributed by atoms with Crippen molar-refractivity contribution in [2.75, 3.05) is 48.3 Å². The second-order valence-corrected chi connectivity index (χ2v) is 7.94. The van der Waals surface area contributed by atoms with E-state index in [0.29, 0.717) is 17.8 Å². The van der Waals surface area contributed by atoms with Crippen molar-refractivity contribution in [3.63, 3.8) is 0 Å². The first-order valence-corrected chi connectivity index (χ1v) is 10.8. The first-order chi connectivity index (χ1) is 15.1. The number of amides is 1. The first kappa shape index (κ1) is 20.8. The fraction of sp³-hybridized carbons (Fsp3) is 0.333. The van der Waals surface area contributed by atoms with Gasteiger partial charge < -0.3 is 25.4 Å². The average Bonchev–Trinajstić information content (AvgIpc) is 3.31. The maximum absolute atomic E-state index is 12.5. The third-order valence-corrected chi connectivity index (χ3v) is 5.80. The molecule has 4 rings (SSSR count). The van der Waals surface area contributed by atoms with E-state index in [2.05, 4.69) is 51.3 Å². The Hall–Kier alpha value is -3.48. The lowest BCUT2D eigenvalue weighted by molar-refractivity contribution is 0.0953. The van der Waals surface area contributed by atoms with Crippen LogP contribution in [-0.4, -0.2) is 48.2 Å². The zero-order valence-electron chi connectivity index (χ0n) is 18.0.